The van der Waals surface area contributed by atoms with E-state index >= 15 is 0 Å². The van der Waals surface area contributed by atoms with Crippen LogP contribution in [0.25, 0.3) is 11.1 Å². The molecular weight excluding hydrogens is 306 g/mol. The largest absolute Gasteiger partial charge is 0.399 e. The minimum absolute atomic E-state index is 0.00768. The predicted octanol–water partition coefficient (Wildman–Crippen LogP) is 0.992. The lowest BCUT2D eigenvalue weighted by atomic mass is 9.89. The van der Waals surface area contributed by atoms with Gasteiger partial charge in [-0.25, -0.2) is 0 Å². The molecule has 24 heavy (non-hydrogen) atoms. The van der Waals surface area contributed by atoms with Crippen molar-refractivity contribution >= 4 is 17.1 Å². The van der Waals surface area contributed by atoms with Crippen LogP contribution < -0.4 is 16.8 Å². The van der Waals surface area contributed by atoms with Gasteiger partial charge < -0.3 is 32.1 Å². The molecule has 2 aromatic carbocycles. The smallest absolute Gasteiger partial charge is 0.0604 e. The van der Waals surface area contributed by atoms with Gasteiger partial charge in [0.05, 0.1) is 6.61 Å². The van der Waals surface area contributed by atoms with E-state index in [1.165, 1.54) is 0 Å². The lowest BCUT2D eigenvalue weighted by Crippen LogP contribution is -2.09. The molecule has 6 heteroatoms. The number of nitrogen functional groups attached to an aromatic ring is 2. The summed E-state index contributed by atoms with van der Waals surface area (Å²) in [4.78, 5) is 0. The zero-order chi connectivity index (χ0) is 17.5. The Morgan fingerprint density at radius 3 is 2.29 bits per heavy atom. The normalized spacial score (nSPS) is 10.8. The van der Waals surface area contributed by atoms with Crippen LogP contribution in [-0.2, 0) is 12.8 Å². The van der Waals surface area contributed by atoms with Crippen molar-refractivity contribution in [3.8, 4) is 11.1 Å². The second kappa shape index (κ2) is 8.54. The number of rotatable bonds is 8. The Morgan fingerprint density at radius 1 is 0.875 bits per heavy atom. The molecule has 0 amide bonds. The molecule has 0 saturated heterocycles. The Balaban J connectivity index is 2.68. The van der Waals surface area contributed by atoms with E-state index < -0.39 is 0 Å². The van der Waals surface area contributed by atoms with Crippen molar-refractivity contribution in [3.05, 3.63) is 41.5 Å². The van der Waals surface area contributed by atoms with Gasteiger partial charge in [0, 0.05) is 42.4 Å². The Kier molecular flexibility index (Phi) is 6.43. The van der Waals surface area contributed by atoms with Gasteiger partial charge in [0.2, 0.25) is 0 Å². The molecule has 0 radical (unpaired) electrons. The van der Waals surface area contributed by atoms with Crippen molar-refractivity contribution in [2.24, 2.45) is 0 Å². The molecule has 0 aliphatic carbocycles. The summed E-state index contributed by atoms with van der Waals surface area (Å²) in [7, 11) is 0. The Bertz CT molecular complexity index is 689. The Hall–Kier alpha value is -2.28. The van der Waals surface area contributed by atoms with E-state index in [1.54, 1.807) is 12.1 Å². The summed E-state index contributed by atoms with van der Waals surface area (Å²) in [5.74, 6) is 0. The molecule has 0 saturated carbocycles. The number of nitrogens with two attached hydrogens (primary N) is 2. The molecule has 2 aromatic rings. The van der Waals surface area contributed by atoms with Gasteiger partial charge in [-0.05, 0) is 53.8 Å². The fourth-order valence-electron chi connectivity index (χ4n) is 2.87. The number of hydrogen-bond donors (Lipinski definition) is 6. The standard InChI is InChI=1S/C18H25N3O3/c19-13-2-4-17(21-7-10-24)15(11-13)18-12(5-8-22)1-3-16(20)14(18)6-9-23/h1-4,11,21-24H,5-10,19-20H2. The van der Waals surface area contributed by atoms with Gasteiger partial charge in [0.25, 0.3) is 0 Å². The quantitative estimate of drug-likeness (QED) is 0.401. The molecule has 0 aromatic heterocycles. The first-order valence-corrected chi connectivity index (χ1v) is 7.99. The number of hydrogen-bond acceptors (Lipinski definition) is 6. The zero-order valence-corrected chi connectivity index (χ0v) is 13.6. The SMILES string of the molecule is Nc1ccc(NCCO)c(-c2c(CCO)ccc(N)c2CCO)c1. The maximum Gasteiger partial charge on any atom is 0.0604 e. The van der Waals surface area contributed by atoms with Gasteiger partial charge in [-0.2, -0.15) is 0 Å². The van der Waals surface area contributed by atoms with Gasteiger partial charge in [0.1, 0.15) is 0 Å². The number of aliphatic hydroxyl groups excluding tert-OH is 3. The predicted molar refractivity (Wildman–Crippen MR) is 97.9 cm³/mol. The third-order valence-electron chi connectivity index (χ3n) is 3.92. The minimum atomic E-state index is -0.0263. The van der Waals surface area contributed by atoms with Gasteiger partial charge in [-0.3, -0.25) is 0 Å². The third-order valence-corrected chi connectivity index (χ3v) is 3.92. The van der Waals surface area contributed by atoms with Crippen molar-refractivity contribution < 1.29 is 15.3 Å². The number of anilines is 3. The molecule has 0 spiro atoms. The fourth-order valence-corrected chi connectivity index (χ4v) is 2.87. The monoisotopic (exact) mass is 331 g/mol. The van der Waals surface area contributed by atoms with E-state index in [1.807, 2.05) is 18.2 Å². The van der Waals surface area contributed by atoms with E-state index in [0.717, 1.165) is 27.9 Å². The van der Waals surface area contributed by atoms with E-state index in [2.05, 4.69) is 5.32 Å². The first-order valence-electron chi connectivity index (χ1n) is 7.99. The molecule has 0 bridgehead atoms. The number of benzene rings is 2. The first kappa shape index (κ1) is 18.1. The molecule has 0 aliphatic rings. The van der Waals surface area contributed by atoms with Crippen LogP contribution in [0.5, 0.6) is 0 Å². The molecular formula is C18H25N3O3. The number of nitrogens with one attached hydrogen (secondary N) is 1. The average Bonchev–Trinajstić information content (AvgIpc) is 2.57. The molecule has 0 unspecified atom stereocenters. The van der Waals surface area contributed by atoms with Crippen molar-refractivity contribution in [1.29, 1.82) is 0 Å². The van der Waals surface area contributed by atoms with Crippen molar-refractivity contribution in [2.45, 2.75) is 12.8 Å². The second-order valence-electron chi connectivity index (χ2n) is 5.57. The molecule has 0 fully saturated rings. The fraction of sp³-hybridized carbons (Fsp3) is 0.333. The Labute approximate surface area is 141 Å². The maximum absolute atomic E-state index is 9.42. The van der Waals surface area contributed by atoms with E-state index in [0.29, 0.717) is 30.8 Å². The van der Waals surface area contributed by atoms with Crippen molar-refractivity contribution in [2.75, 3.05) is 43.1 Å². The maximum atomic E-state index is 9.42. The molecule has 0 aliphatic heterocycles. The van der Waals surface area contributed by atoms with Gasteiger partial charge >= 0.3 is 0 Å². The summed E-state index contributed by atoms with van der Waals surface area (Å²) in [6, 6.07) is 9.17. The van der Waals surface area contributed by atoms with E-state index in [9.17, 15) is 10.2 Å². The third kappa shape index (κ3) is 3.97. The van der Waals surface area contributed by atoms with Crippen LogP contribution >= 0.6 is 0 Å². The van der Waals surface area contributed by atoms with Gasteiger partial charge in [0.15, 0.2) is 0 Å². The first-order chi connectivity index (χ1) is 11.6. The van der Waals surface area contributed by atoms with Gasteiger partial charge in [-0.15, -0.1) is 0 Å². The van der Waals surface area contributed by atoms with Crippen LogP contribution in [0.1, 0.15) is 11.1 Å². The van der Waals surface area contributed by atoms with Crippen LogP contribution in [0.4, 0.5) is 17.1 Å². The molecule has 130 valence electrons. The van der Waals surface area contributed by atoms with Crippen LogP contribution in [-0.4, -0.2) is 41.7 Å². The summed E-state index contributed by atoms with van der Waals surface area (Å²) in [6.07, 6.45) is 0.886. The summed E-state index contributed by atoms with van der Waals surface area (Å²) in [5, 5.41) is 31.1. The topological polar surface area (TPSA) is 125 Å². The summed E-state index contributed by atoms with van der Waals surface area (Å²) in [6.45, 7) is 0.399. The Morgan fingerprint density at radius 2 is 1.62 bits per heavy atom. The van der Waals surface area contributed by atoms with E-state index in [4.69, 9.17) is 16.6 Å². The van der Waals surface area contributed by atoms with Crippen molar-refractivity contribution in [1.82, 2.24) is 0 Å². The molecule has 6 nitrogen and oxygen atoms in total. The molecule has 2 rings (SSSR count). The highest BCUT2D eigenvalue weighted by Gasteiger charge is 2.17. The molecule has 0 atom stereocenters. The highest BCUT2D eigenvalue weighted by atomic mass is 16.3. The lowest BCUT2D eigenvalue weighted by Gasteiger charge is -2.20. The zero-order valence-electron chi connectivity index (χ0n) is 13.6. The van der Waals surface area contributed by atoms with Crippen LogP contribution in [0.15, 0.2) is 30.3 Å². The van der Waals surface area contributed by atoms with Crippen molar-refractivity contribution in [3.63, 3.8) is 0 Å². The van der Waals surface area contributed by atoms with Crippen LogP contribution in [0, 0.1) is 0 Å². The molecule has 8 N–H and O–H groups in total. The van der Waals surface area contributed by atoms with Crippen LogP contribution in [0.2, 0.25) is 0 Å². The average molecular weight is 331 g/mol. The van der Waals surface area contributed by atoms with Crippen LogP contribution in [0.3, 0.4) is 0 Å². The lowest BCUT2D eigenvalue weighted by molar-refractivity contribution is 0.298. The second-order valence-corrected chi connectivity index (χ2v) is 5.57. The number of aliphatic hydroxyl groups is 3. The highest BCUT2D eigenvalue weighted by Crippen LogP contribution is 2.38. The summed E-state index contributed by atoms with van der Waals surface area (Å²) < 4.78 is 0. The molecule has 0 heterocycles. The highest BCUT2D eigenvalue weighted by molar-refractivity contribution is 5.86. The van der Waals surface area contributed by atoms with E-state index in [-0.39, 0.29) is 19.8 Å². The minimum Gasteiger partial charge on any atom is -0.399 e. The summed E-state index contributed by atoms with van der Waals surface area (Å²) >= 11 is 0. The van der Waals surface area contributed by atoms with Gasteiger partial charge in [-0.1, -0.05) is 6.07 Å². The summed E-state index contributed by atoms with van der Waals surface area (Å²) in [5.41, 5.74) is 17.6.